The number of methoxy groups -OCH3 is 1. The minimum atomic E-state index is -0.110. The van der Waals surface area contributed by atoms with E-state index in [1.165, 1.54) is 12.8 Å². The summed E-state index contributed by atoms with van der Waals surface area (Å²) in [7, 11) is 1.69. The molecule has 1 aliphatic heterocycles. The summed E-state index contributed by atoms with van der Waals surface area (Å²) in [6.45, 7) is 1.37. The molecule has 1 atom stereocenters. The molecule has 1 aromatic heterocycles. The molecule has 1 aromatic carbocycles. The Kier molecular flexibility index (Phi) is 5.77. The van der Waals surface area contributed by atoms with Gasteiger partial charge < -0.3 is 9.64 Å². The molecule has 2 heterocycles. The third-order valence-corrected chi connectivity index (χ3v) is 6.12. The van der Waals surface area contributed by atoms with Gasteiger partial charge in [0.25, 0.3) is 5.91 Å². The number of benzene rings is 1. The third-order valence-electron chi connectivity index (χ3n) is 6.12. The smallest absolute Gasteiger partial charge is 0.274 e. The predicted molar refractivity (Wildman–Crippen MR) is 124 cm³/mol. The van der Waals surface area contributed by atoms with Crippen molar-refractivity contribution in [3.63, 3.8) is 0 Å². The number of aromatic nitrogens is 2. The molecule has 5 rings (SSSR count). The molecule has 6 nitrogen and oxygen atoms in total. The van der Waals surface area contributed by atoms with Crippen LogP contribution in [0.3, 0.4) is 0 Å². The lowest BCUT2D eigenvalue weighted by molar-refractivity contribution is 0.0744. The van der Waals surface area contributed by atoms with Crippen molar-refractivity contribution >= 4 is 11.6 Å². The Balaban J connectivity index is 1.35. The zero-order chi connectivity index (χ0) is 21.9. The lowest BCUT2D eigenvalue weighted by Gasteiger charge is -2.24. The minimum absolute atomic E-state index is 0.0594. The first-order valence-electron chi connectivity index (χ1n) is 11.1. The van der Waals surface area contributed by atoms with E-state index in [0.717, 1.165) is 35.4 Å². The van der Waals surface area contributed by atoms with Crippen molar-refractivity contribution in [1.82, 2.24) is 14.9 Å². The molecular formula is C26H26N4O2. The van der Waals surface area contributed by atoms with Gasteiger partial charge in [-0.1, -0.05) is 42.5 Å². The molecule has 1 unspecified atom stereocenters. The molecule has 32 heavy (non-hydrogen) atoms. The lowest BCUT2D eigenvalue weighted by Crippen LogP contribution is -2.35. The number of aliphatic imine (C=N–C) groups is 1. The molecule has 1 fully saturated rings. The Morgan fingerprint density at radius 2 is 1.97 bits per heavy atom. The van der Waals surface area contributed by atoms with Gasteiger partial charge in [0.05, 0.1) is 5.71 Å². The van der Waals surface area contributed by atoms with E-state index in [4.69, 9.17) is 4.74 Å². The van der Waals surface area contributed by atoms with Gasteiger partial charge in [-0.3, -0.25) is 14.8 Å². The number of fused-ring (bicyclic) bond motifs is 1. The van der Waals surface area contributed by atoms with Crippen molar-refractivity contribution in [3.05, 3.63) is 84.0 Å². The second-order valence-corrected chi connectivity index (χ2v) is 8.35. The number of carbonyl (C=O) groups excluding carboxylic acids is 1. The van der Waals surface area contributed by atoms with Crippen molar-refractivity contribution < 1.29 is 9.53 Å². The van der Waals surface area contributed by atoms with E-state index in [1.807, 2.05) is 53.6 Å². The van der Waals surface area contributed by atoms with Crippen molar-refractivity contribution in [2.45, 2.75) is 25.4 Å². The largest absolute Gasteiger partial charge is 0.371 e. The molecule has 3 aliphatic rings. The summed E-state index contributed by atoms with van der Waals surface area (Å²) in [4.78, 5) is 29.1. The fourth-order valence-electron chi connectivity index (χ4n) is 4.20. The average Bonchev–Trinajstić information content (AvgIpc) is 3.58. The van der Waals surface area contributed by atoms with E-state index in [0.29, 0.717) is 23.9 Å². The fraction of sp³-hybridized carbons (Fsp3) is 0.308. The molecule has 2 aromatic rings. The first kappa shape index (κ1) is 20.5. The first-order chi connectivity index (χ1) is 15.7. The Morgan fingerprint density at radius 3 is 2.75 bits per heavy atom. The van der Waals surface area contributed by atoms with Crippen LogP contribution in [0.15, 0.2) is 83.3 Å². The molecule has 6 heteroatoms. The van der Waals surface area contributed by atoms with Gasteiger partial charge in [0.2, 0.25) is 0 Å². The van der Waals surface area contributed by atoms with Gasteiger partial charge in [-0.05, 0) is 36.8 Å². The van der Waals surface area contributed by atoms with Crippen LogP contribution >= 0.6 is 0 Å². The number of hydrogen-bond acceptors (Lipinski definition) is 5. The van der Waals surface area contributed by atoms with Crippen LogP contribution in [0.5, 0.6) is 0 Å². The van der Waals surface area contributed by atoms with Gasteiger partial charge in [0, 0.05) is 49.9 Å². The number of hydrogen-bond donors (Lipinski definition) is 0. The summed E-state index contributed by atoms with van der Waals surface area (Å²) in [5.74, 6) is 0.519. The quantitative estimate of drug-likeness (QED) is 0.633. The van der Waals surface area contributed by atoms with E-state index in [9.17, 15) is 4.79 Å². The monoisotopic (exact) mass is 426 g/mol. The van der Waals surface area contributed by atoms with E-state index in [-0.39, 0.29) is 12.0 Å². The lowest BCUT2D eigenvalue weighted by atomic mass is 9.94. The van der Waals surface area contributed by atoms with Crippen LogP contribution in [0.1, 0.15) is 29.8 Å². The second-order valence-electron chi connectivity index (χ2n) is 8.35. The summed E-state index contributed by atoms with van der Waals surface area (Å²) < 4.78 is 5.52. The molecular weight excluding hydrogens is 400 g/mol. The number of amides is 1. The Labute approximate surface area is 188 Å². The Hall–Kier alpha value is -3.38. The first-order valence-corrected chi connectivity index (χ1v) is 11.1. The van der Waals surface area contributed by atoms with Crippen LogP contribution in [0, 0.1) is 5.92 Å². The van der Waals surface area contributed by atoms with Crippen LogP contribution in [0.25, 0.3) is 11.3 Å². The van der Waals surface area contributed by atoms with Gasteiger partial charge in [0.1, 0.15) is 11.8 Å². The Morgan fingerprint density at radius 1 is 1.16 bits per heavy atom. The number of nitrogens with zero attached hydrogens (tertiary/aromatic N) is 4. The maximum absolute atomic E-state index is 13.6. The summed E-state index contributed by atoms with van der Waals surface area (Å²) in [5.41, 5.74) is 5.15. The number of ether oxygens (including phenoxy) is 1. The minimum Gasteiger partial charge on any atom is -0.371 e. The van der Waals surface area contributed by atoms with Crippen LogP contribution < -0.4 is 0 Å². The third kappa shape index (κ3) is 4.18. The highest BCUT2D eigenvalue weighted by Gasteiger charge is 2.31. The van der Waals surface area contributed by atoms with Gasteiger partial charge in [0.15, 0.2) is 5.69 Å². The van der Waals surface area contributed by atoms with Crippen LogP contribution in [0.2, 0.25) is 0 Å². The zero-order valence-corrected chi connectivity index (χ0v) is 18.1. The number of carbonyl (C=O) groups is 1. The molecule has 0 spiro atoms. The van der Waals surface area contributed by atoms with Crippen molar-refractivity contribution in [2.75, 3.05) is 20.2 Å². The summed E-state index contributed by atoms with van der Waals surface area (Å²) in [6.07, 6.45) is 14.2. The summed E-state index contributed by atoms with van der Waals surface area (Å²) in [5, 5.41) is 0. The highest BCUT2D eigenvalue weighted by atomic mass is 16.5. The van der Waals surface area contributed by atoms with E-state index < -0.39 is 0 Å². The standard InChI is InChI=1S/C26H26N4O2/c1-32-22-9-5-8-21-20(16-29-24(21)22)12-15-30(17-18-10-11-18)26(31)25-23(27-13-14-28-25)19-6-3-2-4-7-19/h2-9,13-14,16,18,22H,10-12,15,17H2,1H3. The van der Waals surface area contributed by atoms with E-state index in [2.05, 4.69) is 21.0 Å². The second kappa shape index (κ2) is 9.01. The zero-order valence-electron chi connectivity index (χ0n) is 18.1. The van der Waals surface area contributed by atoms with Crippen LogP contribution in [0.4, 0.5) is 0 Å². The highest BCUT2D eigenvalue weighted by Crippen LogP contribution is 2.32. The number of rotatable bonds is 8. The van der Waals surface area contributed by atoms with E-state index in [1.54, 1.807) is 19.5 Å². The van der Waals surface area contributed by atoms with Crippen LogP contribution in [-0.2, 0) is 4.74 Å². The molecule has 0 N–H and O–H groups in total. The molecule has 0 radical (unpaired) electrons. The van der Waals surface area contributed by atoms with E-state index >= 15 is 0 Å². The molecule has 162 valence electrons. The maximum Gasteiger partial charge on any atom is 0.274 e. The Bertz CT molecular complexity index is 1130. The predicted octanol–water partition coefficient (Wildman–Crippen LogP) is 4.24. The van der Waals surface area contributed by atoms with Crippen LogP contribution in [-0.4, -0.2) is 52.8 Å². The topological polar surface area (TPSA) is 67.7 Å². The maximum atomic E-state index is 13.6. The van der Waals surface area contributed by atoms with Crippen molar-refractivity contribution in [3.8, 4) is 11.3 Å². The van der Waals surface area contributed by atoms with Gasteiger partial charge in [-0.15, -0.1) is 0 Å². The highest BCUT2D eigenvalue weighted by molar-refractivity contribution is 6.11. The summed E-state index contributed by atoms with van der Waals surface area (Å²) >= 11 is 0. The summed E-state index contributed by atoms with van der Waals surface area (Å²) in [6, 6.07) is 9.77. The van der Waals surface area contributed by atoms with Crippen molar-refractivity contribution in [1.29, 1.82) is 0 Å². The molecule has 0 bridgehead atoms. The van der Waals surface area contributed by atoms with Gasteiger partial charge in [-0.25, -0.2) is 4.98 Å². The molecule has 1 amide bonds. The molecule has 0 saturated heterocycles. The fourth-order valence-corrected chi connectivity index (χ4v) is 4.20. The van der Waals surface area contributed by atoms with Gasteiger partial charge >= 0.3 is 0 Å². The van der Waals surface area contributed by atoms with Gasteiger partial charge in [-0.2, -0.15) is 0 Å². The normalized spacial score (nSPS) is 19.2. The molecule has 2 aliphatic carbocycles. The SMILES string of the molecule is COC1C=CC=C2C(CCN(CC3CC3)C(=O)c3nccnc3-c3ccccc3)=CN=C21. The van der Waals surface area contributed by atoms with Crippen molar-refractivity contribution in [2.24, 2.45) is 10.9 Å². The molecule has 1 saturated carbocycles. The number of allylic oxidation sites excluding steroid dienone is 2. The average molecular weight is 427 g/mol.